The zero-order valence-electron chi connectivity index (χ0n) is 18.0. The minimum absolute atomic E-state index is 0.0501. The van der Waals surface area contributed by atoms with Crippen molar-refractivity contribution in [1.29, 1.82) is 0 Å². The van der Waals surface area contributed by atoms with E-state index < -0.39 is 11.9 Å². The zero-order chi connectivity index (χ0) is 22.7. The van der Waals surface area contributed by atoms with Crippen molar-refractivity contribution in [2.24, 2.45) is 0 Å². The lowest BCUT2D eigenvalue weighted by Crippen LogP contribution is -2.38. The van der Waals surface area contributed by atoms with E-state index >= 15 is 0 Å². The highest BCUT2D eigenvalue weighted by Crippen LogP contribution is 2.15. The molecule has 0 saturated heterocycles. The number of aldehydes is 1. The molecule has 32 heavy (non-hydrogen) atoms. The van der Waals surface area contributed by atoms with Crippen LogP contribution >= 0.6 is 0 Å². The Morgan fingerprint density at radius 1 is 1.25 bits per heavy atom. The van der Waals surface area contributed by atoms with E-state index in [2.05, 4.69) is 30.5 Å². The third kappa shape index (κ3) is 4.31. The van der Waals surface area contributed by atoms with E-state index in [9.17, 15) is 9.59 Å². The Bertz CT molecular complexity index is 1250. The van der Waals surface area contributed by atoms with Gasteiger partial charge < -0.3 is 15.0 Å². The number of hydrogen-bond donors (Lipinski definition) is 1. The molecule has 0 aliphatic heterocycles. The van der Waals surface area contributed by atoms with Crippen molar-refractivity contribution in [3.63, 3.8) is 0 Å². The number of pyridine rings is 1. The SMILES string of the molecule is Cc1cc(N(C)C)n(CCC(C=O)NC(=O)c2ncc3cnn(-c4ccccn4)c3n2)n1. The van der Waals surface area contributed by atoms with Crippen molar-refractivity contribution in [3.8, 4) is 5.82 Å². The average Bonchev–Trinajstić information content (AvgIpc) is 3.39. The molecule has 0 radical (unpaired) electrons. The van der Waals surface area contributed by atoms with Crippen LogP contribution in [0.4, 0.5) is 5.82 Å². The summed E-state index contributed by atoms with van der Waals surface area (Å²) in [5.74, 6) is 0.910. The number of fused-ring (bicyclic) bond motifs is 1. The van der Waals surface area contributed by atoms with Gasteiger partial charge in [-0.3, -0.25) is 4.79 Å². The molecule has 0 aliphatic carbocycles. The van der Waals surface area contributed by atoms with Crippen molar-refractivity contribution < 1.29 is 9.59 Å². The lowest BCUT2D eigenvalue weighted by Gasteiger charge is -2.16. The number of anilines is 1. The molecule has 11 heteroatoms. The second kappa shape index (κ2) is 8.92. The first kappa shape index (κ1) is 21.1. The summed E-state index contributed by atoms with van der Waals surface area (Å²) in [7, 11) is 3.85. The summed E-state index contributed by atoms with van der Waals surface area (Å²) in [6, 6.07) is 6.68. The predicted molar refractivity (Wildman–Crippen MR) is 118 cm³/mol. The van der Waals surface area contributed by atoms with E-state index in [0.717, 1.165) is 11.5 Å². The Kier molecular flexibility index (Phi) is 5.88. The van der Waals surface area contributed by atoms with Gasteiger partial charge in [0, 0.05) is 39.1 Å². The number of carbonyl (C=O) groups excluding carboxylic acids is 2. The van der Waals surface area contributed by atoms with E-state index in [0.29, 0.717) is 36.1 Å². The van der Waals surface area contributed by atoms with Gasteiger partial charge in [-0.15, -0.1) is 0 Å². The number of nitrogens with zero attached hydrogens (tertiary/aromatic N) is 8. The summed E-state index contributed by atoms with van der Waals surface area (Å²) in [5, 5.41) is 12.1. The molecule has 4 aromatic heterocycles. The van der Waals surface area contributed by atoms with Crippen LogP contribution in [0.1, 0.15) is 22.7 Å². The van der Waals surface area contributed by atoms with Gasteiger partial charge in [0.25, 0.3) is 5.91 Å². The molecule has 1 atom stereocenters. The van der Waals surface area contributed by atoms with E-state index in [4.69, 9.17) is 0 Å². The maximum absolute atomic E-state index is 12.7. The van der Waals surface area contributed by atoms with Crippen molar-refractivity contribution in [2.75, 3.05) is 19.0 Å². The third-order valence-corrected chi connectivity index (χ3v) is 4.85. The smallest absolute Gasteiger partial charge is 0.289 e. The second-order valence-electron chi connectivity index (χ2n) is 7.48. The quantitative estimate of drug-likeness (QED) is 0.411. The molecule has 4 heterocycles. The largest absolute Gasteiger partial charge is 0.363 e. The van der Waals surface area contributed by atoms with Gasteiger partial charge in [0.15, 0.2) is 11.5 Å². The van der Waals surface area contributed by atoms with Crippen LogP contribution in [0.3, 0.4) is 0 Å². The zero-order valence-corrected chi connectivity index (χ0v) is 18.0. The fourth-order valence-corrected chi connectivity index (χ4v) is 3.30. The Morgan fingerprint density at radius 3 is 2.81 bits per heavy atom. The van der Waals surface area contributed by atoms with Gasteiger partial charge in [-0.1, -0.05) is 6.07 Å². The standard InChI is InChI=1S/C21H23N9O2/c1-14-10-18(28(2)3)29(27-14)9-7-16(13-31)25-21(32)19-23-11-15-12-24-30(20(15)26-19)17-6-4-5-8-22-17/h4-6,8,10-13,16H,7,9H2,1-3H3,(H,25,32). The van der Waals surface area contributed by atoms with Gasteiger partial charge >= 0.3 is 0 Å². The first-order chi connectivity index (χ1) is 15.5. The fraction of sp³-hybridized carbons (Fsp3) is 0.286. The molecule has 4 aromatic rings. The monoisotopic (exact) mass is 433 g/mol. The van der Waals surface area contributed by atoms with Crippen LogP contribution in [-0.2, 0) is 11.3 Å². The molecular weight excluding hydrogens is 410 g/mol. The highest BCUT2D eigenvalue weighted by molar-refractivity contribution is 5.93. The van der Waals surface area contributed by atoms with Gasteiger partial charge in [0.1, 0.15) is 12.1 Å². The Hall–Kier alpha value is -4.15. The van der Waals surface area contributed by atoms with Gasteiger partial charge in [-0.25, -0.2) is 19.6 Å². The van der Waals surface area contributed by atoms with Crippen molar-refractivity contribution in [3.05, 3.63) is 54.4 Å². The molecule has 0 aliphatic rings. The van der Waals surface area contributed by atoms with Crippen molar-refractivity contribution >= 4 is 29.0 Å². The number of nitrogens with one attached hydrogen (secondary N) is 1. The minimum Gasteiger partial charge on any atom is -0.363 e. The lowest BCUT2D eigenvalue weighted by molar-refractivity contribution is -0.109. The molecule has 4 rings (SSSR count). The molecular formula is C21H23N9O2. The van der Waals surface area contributed by atoms with Crippen LogP contribution in [0.15, 0.2) is 42.9 Å². The Morgan fingerprint density at radius 2 is 2.09 bits per heavy atom. The molecule has 1 amide bonds. The van der Waals surface area contributed by atoms with Crippen LogP contribution in [-0.4, -0.2) is 66.8 Å². The molecule has 0 fully saturated rings. The Labute approximate surface area is 184 Å². The van der Waals surface area contributed by atoms with Crippen LogP contribution in [0.2, 0.25) is 0 Å². The molecule has 0 saturated carbocycles. The van der Waals surface area contributed by atoms with E-state index in [1.54, 1.807) is 24.5 Å². The minimum atomic E-state index is -0.706. The summed E-state index contributed by atoms with van der Waals surface area (Å²) < 4.78 is 3.35. The molecule has 1 unspecified atom stereocenters. The molecule has 0 spiro atoms. The second-order valence-corrected chi connectivity index (χ2v) is 7.48. The number of hydrogen-bond acceptors (Lipinski definition) is 8. The highest BCUT2D eigenvalue weighted by atomic mass is 16.2. The van der Waals surface area contributed by atoms with E-state index in [1.165, 1.54) is 10.9 Å². The summed E-state index contributed by atoms with van der Waals surface area (Å²) >= 11 is 0. The fourth-order valence-electron chi connectivity index (χ4n) is 3.30. The summed E-state index contributed by atoms with van der Waals surface area (Å²) in [6.07, 6.45) is 5.87. The first-order valence-electron chi connectivity index (χ1n) is 10.1. The lowest BCUT2D eigenvalue weighted by atomic mass is 10.2. The summed E-state index contributed by atoms with van der Waals surface area (Å²) in [6.45, 7) is 2.38. The van der Waals surface area contributed by atoms with Gasteiger partial charge in [0.2, 0.25) is 5.82 Å². The van der Waals surface area contributed by atoms with Crippen LogP contribution in [0, 0.1) is 6.92 Å². The molecule has 11 nitrogen and oxygen atoms in total. The maximum Gasteiger partial charge on any atom is 0.289 e. The van der Waals surface area contributed by atoms with Gasteiger partial charge in [0.05, 0.1) is 23.3 Å². The molecule has 0 aromatic carbocycles. The number of aromatic nitrogens is 7. The molecule has 1 N–H and O–H groups in total. The third-order valence-electron chi connectivity index (χ3n) is 4.85. The predicted octanol–water partition coefficient (Wildman–Crippen LogP) is 1.17. The number of carbonyl (C=O) groups is 2. The highest BCUT2D eigenvalue weighted by Gasteiger charge is 2.18. The maximum atomic E-state index is 12.7. The van der Waals surface area contributed by atoms with Gasteiger partial charge in [-0.05, 0) is 25.5 Å². The topological polar surface area (TPSA) is 124 Å². The van der Waals surface area contributed by atoms with Crippen LogP contribution in [0.25, 0.3) is 16.9 Å². The first-order valence-corrected chi connectivity index (χ1v) is 10.1. The average molecular weight is 433 g/mol. The normalized spacial score (nSPS) is 12.0. The van der Waals surface area contributed by atoms with E-state index in [1.807, 2.05) is 42.7 Å². The van der Waals surface area contributed by atoms with Crippen LogP contribution in [0.5, 0.6) is 0 Å². The molecule has 164 valence electrons. The Balaban J connectivity index is 1.49. The molecule has 0 bridgehead atoms. The van der Waals surface area contributed by atoms with Crippen LogP contribution < -0.4 is 10.2 Å². The number of rotatable bonds is 8. The van der Waals surface area contributed by atoms with Crippen molar-refractivity contribution in [2.45, 2.75) is 25.9 Å². The summed E-state index contributed by atoms with van der Waals surface area (Å²) in [4.78, 5) is 39.0. The van der Waals surface area contributed by atoms with Crippen molar-refractivity contribution in [1.82, 2.24) is 39.8 Å². The van der Waals surface area contributed by atoms with E-state index in [-0.39, 0.29) is 5.82 Å². The van der Waals surface area contributed by atoms with Gasteiger partial charge in [-0.2, -0.15) is 14.9 Å². The number of aryl methyl sites for hydroxylation is 2. The number of amides is 1. The summed E-state index contributed by atoms with van der Waals surface area (Å²) in [5.41, 5.74) is 1.33.